The number of rotatable bonds is 7. The summed E-state index contributed by atoms with van der Waals surface area (Å²) in [5.41, 5.74) is 1.18. The summed E-state index contributed by atoms with van der Waals surface area (Å²) in [4.78, 5) is 23.8. The fourth-order valence-corrected chi connectivity index (χ4v) is 5.50. The van der Waals surface area contributed by atoms with Crippen LogP contribution in [0.5, 0.6) is 0 Å². The zero-order valence-electron chi connectivity index (χ0n) is 20.3. The standard InChI is InChI=1S/C23H38N2O4.C2H6/c1-15-7-10-17(11-8-15)20-14-19(18-12-9-16(2)21(13-18)29-3)24-25(20)22(26)5-4-6-23(27)28;1-2/h15-18,20-21H,4-14H2,1-3H3,(H,27,28);1-2H3. The van der Waals surface area contributed by atoms with Gasteiger partial charge in [0.1, 0.15) is 0 Å². The van der Waals surface area contributed by atoms with Crippen LogP contribution in [0.15, 0.2) is 5.10 Å². The van der Waals surface area contributed by atoms with Crippen molar-refractivity contribution < 1.29 is 19.4 Å². The van der Waals surface area contributed by atoms with Gasteiger partial charge in [0, 0.05) is 38.0 Å². The maximum atomic E-state index is 12.9. The van der Waals surface area contributed by atoms with Crippen LogP contribution in [0, 0.1) is 23.7 Å². The molecule has 1 heterocycles. The molecular formula is C25H44N2O4. The maximum absolute atomic E-state index is 12.9. The van der Waals surface area contributed by atoms with Gasteiger partial charge in [-0.1, -0.05) is 40.5 Å². The number of aliphatic carboxylic acids is 1. The van der Waals surface area contributed by atoms with Crippen molar-refractivity contribution in [3.8, 4) is 0 Å². The molecule has 1 N–H and O–H groups in total. The van der Waals surface area contributed by atoms with Gasteiger partial charge in [-0.3, -0.25) is 9.59 Å². The summed E-state index contributed by atoms with van der Waals surface area (Å²) in [5, 5.41) is 15.5. The van der Waals surface area contributed by atoms with Crippen molar-refractivity contribution in [2.24, 2.45) is 28.8 Å². The number of nitrogens with zero attached hydrogens (tertiary/aromatic N) is 2. The van der Waals surface area contributed by atoms with Gasteiger partial charge < -0.3 is 9.84 Å². The first-order valence-corrected chi connectivity index (χ1v) is 12.5. The highest BCUT2D eigenvalue weighted by molar-refractivity contribution is 5.92. The molecule has 1 amide bonds. The van der Waals surface area contributed by atoms with E-state index in [9.17, 15) is 9.59 Å². The lowest BCUT2D eigenvalue weighted by atomic mass is 9.74. The highest BCUT2D eigenvalue weighted by Crippen LogP contribution is 2.40. The molecule has 1 aliphatic heterocycles. The summed E-state index contributed by atoms with van der Waals surface area (Å²) in [6.07, 6.45) is 9.88. The van der Waals surface area contributed by atoms with E-state index in [1.54, 1.807) is 12.1 Å². The van der Waals surface area contributed by atoms with Crippen molar-refractivity contribution in [2.75, 3.05) is 7.11 Å². The van der Waals surface area contributed by atoms with Gasteiger partial charge in [0.25, 0.3) is 0 Å². The first-order chi connectivity index (χ1) is 14.9. The maximum Gasteiger partial charge on any atom is 0.303 e. The average molecular weight is 437 g/mol. The molecule has 0 spiro atoms. The van der Waals surface area contributed by atoms with Crippen molar-refractivity contribution in [1.82, 2.24) is 5.01 Å². The number of carboxylic acid groups (broad SMARTS) is 1. The highest BCUT2D eigenvalue weighted by Gasteiger charge is 2.41. The lowest BCUT2D eigenvalue weighted by Crippen LogP contribution is -2.39. The summed E-state index contributed by atoms with van der Waals surface area (Å²) in [6, 6.07) is 0.162. The van der Waals surface area contributed by atoms with E-state index in [1.807, 2.05) is 13.8 Å². The molecule has 4 atom stereocenters. The molecule has 0 saturated heterocycles. The number of ether oxygens (including phenoxy) is 1. The second kappa shape index (κ2) is 12.6. The van der Waals surface area contributed by atoms with Crippen LogP contribution in [0.4, 0.5) is 0 Å². The number of hydrazone groups is 1. The van der Waals surface area contributed by atoms with E-state index >= 15 is 0 Å². The molecular weight excluding hydrogens is 392 g/mol. The van der Waals surface area contributed by atoms with Crippen LogP contribution in [0.3, 0.4) is 0 Å². The number of carbonyl (C=O) groups excluding carboxylic acids is 1. The van der Waals surface area contributed by atoms with Gasteiger partial charge in [-0.2, -0.15) is 5.10 Å². The summed E-state index contributed by atoms with van der Waals surface area (Å²) in [6.45, 7) is 8.57. The Morgan fingerprint density at radius 1 is 1.06 bits per heavy atom. The topological polar surface area (TPSA) is 79.2 Å². The lowest BCUT2D eigenvalue weighted by Gasteiger charge is -2.35. The molecule has 31 heavy (non-hydrogen) atoms. The second-order valence-corrected chi connectivity index (χ2v) is 9.63. The van der Waals surface area contributed by atoms with Crippen LogP contribution < -0.4 is 0 Å². The van der Waals surface area contributed by atoms with E-state index in [4.69, 9.17) is 14.9 Å². The largest absolute Gasteiger partial charge is 0.481 e. The molecule has 3 aliphatic rings. The minimum absolute atomic E-state index is 0.00246. The molecule has 0 aromatic heterocycles. The van der Waals surface area contributed by atoms with Gasteiger partial charge in [-0.15, -0.1) is 0 Å². The van der Waals surface area contributed by atoms with Gasteiger partial charge in [-0.25, -0.2) is 5.01 Å². The van der Waals surface area contributed by atoms with Gasteiger partial charge >= 0.3 is 5.97 Å². The molecule has 2 fully saturated rings. The summed E-state index contributed by atoms with van der Waals surface area (Å²) >= 11 is 0. The number of carboxylic acids is 1. The monoisotopic (exact) mass is 436 g/mol. The summed E-state index contributed by atoms with van der Waals surface area (Å²) in [5.74, 6) is 1.41. The predicted octanol–water partition coefficient (Wildman–Crippen LogP) is 5.50. The van der Waals surface area contributed by atoms with E-state index in [0.717, 1.165) is 44.4 Å². The first-order valence-electron chi connectivity index (χ1n) is 12.5. The minimum atomic E-state index is -0.844. The van der Waals surface area contributed by atoms with Crippen molar-refractivity contribution >= 4 is 17.6 Å². The quantitative estimate of drug-likeness (QED) is 0.571. The zero-order valence-corrected chi connectivity index (χ0v) is 20.3. The number of carbonyl (C=O) groups is 2. The van der Waals surface area contributed by atoms with Gasteiger partial charge in [0.15, 0.2) is 0 Å². The van der Waals surface area contributed by atoms with E-state index < -0.39 is 5.97 Å². The summed E-state index contributed by atoms with van der Waals surface area (Å²) < 4.78 is 5.71. The Morgan fingerprint density at radius 2 is 1.74 bits per heavy atom. The SMILES string of the molecule is CC.COC1CC(C2=NN(C(=O)CCCC(=O)O)C(C3CCC(C)CC3)C2)CCC1C. The van der Waals surface area contributed by atoms with Crippen LogP contribution in [0.2, 0.25) is 0 Å². The second-order valence-electron chi connectivity index (χ2n) is 9.63. The van der Waals surface area contributed by atoms with Gasteiger partial charge in [0.05, 0.1) is 12.1 Å². The lowest BCUT2D eigenvalue weighted by molar-refractivity contribution is -0.137. The van der Waals surface area contributed by atoms with Crippen LogP contribution in [-0.2, 0) is 14.3 Å². The Balaban J connectivity index is 0.00000166. The minimum Gasteiger partial charge on any atom is -0.481 e. The molecule has 0 radical (unpaired) electrons. The van der Waals surface area contributed by atoms with Gasteiger partial charge in [0.2, 0.25) is 5.91 Å². The van der Waals surface area contributed by atoms with Crippen molar-refractivity contribution in [3.05, 3.63) is 0 Å². The van der Waals surface area contributed by atoms with Crippen molar-refractivity contribution in [1.29, 1.82) is 0 Å². The third-order valence-electron chi connectivity index (χ3n) is 7.51. The molecule has 0 aromatic rings. The van der Waals surface area contributed by atoms with Crippen LogP contribution in [0.1, 0.15) is 98.3 Å². The molecule has 2 aliphatic carbocycles. The molecule has 2 saturated carbocycles. The predicted molar refractivity (Wildman–Crippen MR) is 124 cm³/mol. The fraction of sp³-hybridized carbons (Fsp3) is 0.880. The Bertz CT molecular complexity index is 613. The smallest absolute Gasteiger partial charge is 0.303 e. The zero-order chi connectivity index (χ0) is 23.0. The first kappa shape index (κ1) is 25.8. The molecule has 0 bridgehead atoms. The Morgan fingerprint density at radius 3 is 2.35 bits per heavy atom. The van der Waals surface area contributed by atoms with Crippen LogP contribution >= 0.6 is 0 Å². The number of methoxy groups -OCH3 is 1. The highest BCUT2D eigenvalue weighted by atomic mass is 16.5. The Kier molecular flexibility index (Phi) is 10.5. The number of amides is 1. The summed E-state index contributed by atoms with van der Waals surface area (Å²) in [7, 11) is 1.80. The van der Waals surface area contributed by atoms with Gasteiger partial charge in [-0.05, 0) is 56.3 Å². The van der Waals surface area contributed by atoms with E-state index in [2.05, 4.69) is 13.8 Å². The average Bonchev–Trinajstić information content (AvgIpc) is 3.21. The third-order valence-corrected chi connectivity index (χ3v) is 7.51. The third kappa shape index (κ3) is 7.03. The van der Waals surface area contributed by atoms with Crippen LogP contribution in [0.25, 0.3) is 0 Å². The van der Waals surface area contributed by atoms with E-state index in [1.165, 1.54) is 18.6 Å². The van der Waals surface area contributed by atoms with Crippen molar-refractivity contribution in [2.45, 2.75) is 110 Å². The Hall–Kier alpha value is -1.43. The van der Waals surface area contributed by atoms with Crippen LogP contribution in [-0.4, -0.2) is 47.0 Å². The molecule has 6 nitrogen and oxygen atoms in total. The number of hydrogen-bond donors (Lipinski definition) is 1. The molecule has 3 rings (SSSR count). The molecule has 4 unspecified atom stereocenters. The number of hydrogen-bond acceptors (Lipinski definition) is 4. The van der Waals surface area contributed by atoms with E-state index in [0.29, 0.717) is 24.2 Å². The molecule has 6 heteroatoms. The fourth-order valence-electron chi connectivity index (χ4n) is 5.50. The Labute approximate surface area is 188 Å². The molecule has 0 aromatic carbocycles. The van der Waals surface area contributed by atoms with E-state index in [-0.39, 0.29) is 30.9 Å². The molecule has 178 valence electrons. The normalized spacial score (nSPS) is 33.3. The van der Waals surface area contributed by atoms with Crippen molar-refractivity contribution in [3.63, 3.8) is 0 Å².